The lowest BCUT2D eigenvalue weighted by atomic mass is 9.80. The number of carbonyl (C=O) groups is 2. The van der Waals surface area contributed by atoms with Crippen LogP contribution in [0.1, 0.15) is 29.6 Å². The van der Waals surface area contributed by atoms with Crippen LogP contribution in [-0.4, -0.2) is 18.3 Å². The molecule has 0 atom stereocenters. The Hall–Kier alpha value is -1.36. The van der Waals surface area contributed by atoms with Gasteiger partial charge in [-0.05, 0) is 40.9 Å². The molecule has 2 aliphatic rings. The molecule has 1 fully saturated rings. The molecule has 1 aliphatic carbocycles. The van der Waals surface area contributed by atoms with Gasteiger partial charge >= 0.3 is 0 Å². The standard InChI is InChI=1S/C13H12BrNO3/c14-9-5-10-11(18-6-12(16)15-10)4-8(9)13(17)7-2-1-3-7/h4-5,7H,1-3,6H2,(H,15,16). The molecule has 1 heterocycles. The van der Waals surface area contributed by atoms with E-state index in [1.54, 1.807) is 12.1 Å². The highest BCUT2D eigenvalue weighted by atomic mass is 79.9. The van der Waals surface area contributed by atoms with E-state index in [4.69, 9.17) is 4.74 Å². The molecule has 0 unspecified atom stereocenters. The van der Waals surface area contributed by atoms with Gasteiger partial charge in [0.1, 0.15) is 5.75 Å². The first-order valence-electron chi connectivity index (χ1n) is 5.95. The van der Waals surface area contributed by atoms with E-state index >= 15 is 0 Å². The maximum atomic E-state index is 12.2. The number of hydrogen-bond donors (Lipinski definition) is 1. The summed E-state index contributed by atoms with van der Waals surface area (Å²) in [5.74, 6) is 0.710. The number of rotatable bonds is 2. The molecule has 0 saturated heterocycles. The quantitative estimate of drug-likeness (QED) is 0.855. The van der Waals surface area contributed by atoms with Crippen molar-refractivity contribution in [2.45, 2.75) is 19.3 Å². The van der Waals surface area contributed by atoms with Crippen molar-refractivity contribution in [1.82, 2.24) is 0 Å². The Morgan fingerprint density at radius 1 is 1.39 bits per heavy atom. The molecule has 0 spiro atoms. The summed E-state index contributed by atoms with van der Waals surface area (Å²) in [7, 11) is 0. The SMILES string of the molecule is O=C1COc2cc(C(=O)C3CCC3)c(Br)cc2N1. The molecule has 1 aromatic carbocycles. The molecule has 3 rings (SSSR count). The lowest BCUT2D eigenvalue weighted by Gasteiger charge is -2.25. The Morgan fingerprint density at radius 3 is 2.83 bits per heavy atom. The van der Waals surface area contributed by atoms with E-state index in [2.05, 4.69) is 21.2 Å². The van der Waals surface area contributed by atoms with Gasteiger partial charge in [-0.25, -0.2) is 0 Å². The average Bonchev–Trinajstić information content (AvgIpc) is 2.25. The summed E-state index contributed by atoms with van der Waals surface area (Å²) in [6.45, 7) is 0.00565. The molecule has 18 heavy (non-hydrogen) atoms. The number of ketones is 1. The van der Waals surface area contributed by atoms with E-state index in [0.29, 0.717) is 21.5 Å². The van der Waals surface area contributed by atoms with Crippen LogP contribution in [0, 0.1) is 5.92 Å². The minimum atomic E-state index is -0.174. The molecule has 5 heteroatoms. The van der Waals surface area contributed by atoms with Crippen molar-refractivity contribution in [3.05, 3.63) is 22.2 Å². The fourth-order valence-electron chi connectivity index (χ4n) is 2.18. The zero-order valence-corrected chi connectivity index (χ0v) is 11.2. The first-order valence-corrected chi connectivity index (χ1v) is 6.75. The summed E-state index contributed by atoms with van der Waals surface area (Å²) in [6.07, 6.45) is 3.07. The minimum Gasteiger partial charge on any atom is -0.482 e. The van der Waals surface area contributed by atoms with Crippen LogP contribution in [0.15, 0.2) is 16.6 Å². The number of Topliss-reactive ketones (excluding diaryl/α,β-unsaturated/α-hetero) is 1. The van der Waals surface area contributed by atoms with Crippen LogP contribution in [0.5, 0.6) is 5.75 Å². The zero-order chi connectivity index (χ0) is 12.7. The molecule has 4 nitrogen and oxygen atoms in total. The van der Waals surface area contributed by atoms with Crippen molar-refractivity contribution in [2.24, 2.45) is 5.92 Å². The van der Waals surface area contributed by atoms with E-state index in [-0.39, 0.29) is 24.2 Å². The third-order valence-corrected chi connectivity index (χ3v) is 4.10. The fourth-order valence-corrected chi connectivity index (χ4v) is 2.72. The number of nitrogens with one attached hydrogen (secondary N) is 1. The highest BCUT2D eigenvalue weighted by Gasteiger charge is 2.29. The van der Waals surface area contributed by atoms with Gasteiger partial charge in [0.2, 0.25) is 0 Å². The second-order valence-electron chi connectivity index (χ2n) is 4.66. The molecule has 94 valence electrons. The van der Waals surface area contributed by atoms with E-state index in [9.17, 15) is 9.59 Å². The van der Waals surface area contributed by atoms with Gasteiger partial charge in [0.15, 0.2) is 12.4 Å². The van der Waals surface area contributed by atoms with E-state index < -0.39 is 0 Å². The Kier molecular flexibility index (Phi) is 2.86. The lowest BCUT2D eigenvalue weighted by Crippen LogP contribution is -2.26. The summed E-state index contributed by atoms with van der Waals surface area (Å²) in [5.41, 5.74) is 1.26. The number of anilines is 1. The lowest BCUT2D eigenvalue weighted by molar-refractivity contribution is -0.118. The van der Waals surface area contributed by atoms with Gasteiger partial charge in [0.25, 0.3) is 5.91 Å². The minimum absolute atomic E-state index is 0.00565. The number of ether oxygens (including phenoxy) is 1. The Morgan fingerprint density at radius 2 is 2.17 bits per heavy atom. The van der Waals surface area contributed by atoms with Gasteiger partial charge in [-0.1, -0.05) is 6.42 Å². The van der Waals surface area contributed by atoms with Gasteiger partial charge in [-0.2, -0.15) is 0 Å². The summed E-state index contributed by atoms with van der Waals surface area (Å²) in [4.78, 5) is 23.4. The third kappa shape index (κ3) is 1.92. The Balaban J connectivity index is 1.96. The number of benzene rings is 1. The maximum Gasteiger partial charge on any atom is 0.262 e. The fraction of sp³-hybridized carbons (Fsp3) is 0.385. The van der Waals surface area contributed by atoms with Gasteiger partial charge in [0.05, 0.1) is 5.69 Å². The monoisotopic (exact) mass is 309 g/mol. The zero-order valence-electron chi connectivity index (χ0n) is 9.66. The first kappa shape index (κ1) is 11.7. The first-order chi connectivity index (χ1) is 8.65. The number of halogens is 1. The number of amides is 1. The smallest absolute Gasteiger partial charge is 0.262 e. The van der Waals surface area contributed by atoms with Crippen molar-refractivity contribution in [2.75, 3.05) is 11.9 Å². The highest BCUT2D eigenvalue weighted by molar-refractivity contribution is 9.10. The van der Waals surface area contributed by atoms with Gasteiger partial charge in [-0.15, -0.1) is 0 Å². The van der Waals surface area contributed by atoms with Crippen molar-refractivity contribution in [3.8, 4) is 5.75 Å². The van der Waals surface area contributed by atoms with Crippen LogP contribution < -0.4 is 10.1 Å². The van der Waals surface area contributed by atoms with Crippen LogP contribution in [0.3, 0.4) is 0 Å². The second kappa shape index (κ2) is 4.39. The van der Waals surface area contributed by atoms with Crippen molar-refractivity contribution in [3.63, 3.8) is 0 Å². The highest BCUT2D eigenvalue weighted by Crippen LogP contribution is 2.37. The van der Waals surface area contributed by atoms with E-state index in [1.807, 2.05) is 0 Å². The largest absolute Gasteiger partial charge is 0.482 e. The van der Waals surface area contributed by atoms with Crippen LogP contribution in [0.25, 0.3) is 0 Å². The summed E-state index contributed by atoms with van der Waals surface area (Å²) >= 11 is 3.39. The predicted molar refractivity (Wildman–Crippen MR) is 69.9 cm³/mol. The molecular formula is C13H12BrNO3. The summed E-state index contributed by atoms with van der Waals surface area (Å²) in [5, 5.41) is 2.72. The maximum absolute atomic E-state index is 12.2. The average molecular weight is 310 g/mol. The van der Waals surface area contributed by atoms with Gasteiger partial charge < -0.3 is 10.1 Å². The molecule has 0 aromatic heterocycles. The predicted octanol–water partition coefficient (Wildman–Crippen LogP) is 2.76. The van der Waals surface area contributed by atoms with Crippen molar-refractivity contribution >= 4 is 33.3 Å². The van der Waals surface area contributed by atoms with Crippen molar-refractivity contribution in [1.29, 1.82) is 0 Å². The summed E-state index contributed by atoms with van der Waals surface area (Å²) in [6, 6.07) is 3.46. The van der Waals surface area contributed by atoms with Crippen molar-refractivity contribution < 1.29 is 14.3 Å². The number of carbonyl (C=O) groups excluding carboxylic acids is 2. The number of hydrogen-bond acceptors (Lipinski definition) is 3. The molecular weight excluding hydrogens is 298 g/mol. The van der Waals surface area contributed by atoms with Crippen LogP contribution in [0.4, 0.5) is 5.69 Å². The molecule has 0 radical (unpaired) electrons. The summed E-state index contributed by atoms with van der Waals surface area (Å²) < 4.78 is 6.04. The molecule has 1 aromatic rings. The van der Waals surface area contributed by atoms with Crippen LogP contribution in [0.2, 0.25) is 0 Å². The Bertz CT molecular complexity index is 537. The third-order valence-electron chi connectivity index (χ3n) is 3.44. The van der Waals surface area contributed by atoms with Crippen LogP contribution in [-0.2, 0) is 4.79 Å². The van der Waals surface area contributed by atoms with E-state index in [1.165, 1.54) is 0 Å². The normalized spacial score (nSPS) is 18.4. The number of fused-ring (bicyclic) bond motifs is 1. The van der Waals surface area contributed by atoms with Gasteiger partial charge in [0, 0.05) is 16.0 Å². The van der Waals surface area contributed by atoms with Crippen LogP contribution >= 0.6 is 15.9 Å². The Labute approximate surface area is 113 Å². The second-order valence-corrected chi connectivity index (χ2v) is 5.51. The molecule has 1 saturated carbocycles. The van der Waals surface area contributed by atoms with Gasteiger partial charge in [-0.3, -0.25) is 9.59 Å². The molecule has 1 amide bonds. The van der Waals surface area contributed by atoms with E-state index in [0.717, 1.165) is 19.3 Å². The molecule has 1 N–H and O–H groups in total. The molecule has 0 bridgehead atoms. The molecule has 1 aliphatic heterocycles. The topological polar surface area (TPSA) is 55.4 Å².